The second-order valence-corrected chi connectivity index (χ2v) is 10.6. The number of ketones is 4. The summed E-state index contributed by atoms with van der Waals surface area (Å²) in [4.78, 5) is 51.9. The van der Waals surface area contributed by atoms with Crippen molar-refractivity contribution in [2.75, 3.05) is 0 Å². The Hall–Kier alpha value is -5.74. The van der Waals surface area contributed by atoms with Crippen LogP contribution in [0, 0.1) is 0 Å². The van der Waals surface area contributed by atoms with E-state index >= 15 is 0 Å². The number of Topliss-reactive ketones (excluding diaryl/α,β-unsaturated/α-hetero) is 4. The first kappa shape index (κ1) is 24.1. The van der Waals surface area contributed by atoms with Crippen molar-refractivity contribution in [3.63, 3.8) is 0 Å². The number of fused-ring (bicyclic) bond motifs is 7. The van der Waals surface area contributed by atoms with Crippen LogP contribution in [0.4, 0.5) is 0 Å². The van der Waals surface area contributed by atoms with E-state index in [0.29, 0.717) is 22.3 Å². The first-order chi connectivity index (χ1) is 20.5. The zero-order valence-corrected chi connectivity index (χ0v) is 22.2. The average Bonchev–Trinajstić information content (AvgIpc) is 3.05. The highest BCUT2D eigenvalue weighted by atomic mass is 16.2. The molecule has 2 aliphatic carbocycles. The van der Waals surface area contributed by atoms with Crippen LogP contribution >= 0.6 is 0 Å². The van der Waals surface area contributed by atoms with Crippen LogP contribution in [0.3, 0.4) is 0 Å². The van der Waals surface area contributed by atoms with Crippen molar-refractivity contribution in [2.45, 2.75) is 0 Å². The third kappa shape index (κ3) is 3.36. The fourth-order valence-electron chi connectivity index (χ4n) is 6.40. The highest BCUT2D eigenvalue weighted by molar-refractivity contribution is 6.53. The second kappa shape index (κ2) is 8.88. The predicted molar refractivity (Wildman–Crippen MR) is 163 cm³/mol. The summed E-state index contributed by atoms with van der Waals surface area (Å²) in [5, 5.41) is 1.94. The normalized spacial score (nSPS) is 13.4. The van der Waals surface area contributed by atoms with E-state index in [-0.39, 0.29) is 0 Å². The molecule has 0 heterocycles. The Morgan fingerprint density at radius 3 is 1.02 bits per heavy atom. The van der Waals surface area contributed by atoms with Gasteiger partial charge in [0.05, 0.1) is 0 Å². The lowest BCUT2D eigenvalue weighted by molar-refractivity contribution is 0.0815. The van der Waals surface area contributed by atoms with Crippen molar-refractivity contribution in [2.24, 2.45) is 0 Å². The summed E-state index contributed by atoms with van der Waals surface area (Å²) >= 11 is 0. The van der Waals surface area contributed by atoms with Gasteiger partial charge in [0.2, 0.25) is 23.1 Å². The second-order valence-electron chi connectivity index (χ2n) is 10.6. The highest BCUT2D eigenvalue weighted by Crippen LogP contribution is 2.41. The molecule has 0 aromatic heterocycles. The minimum absolute atomic E-state index is 0.405. The quantitative estimate of drug-likeness (QED) is 0.207. The Balaban J connectivity index is 1.27. The number of rotatable bonds is 2. The monoisotopic (exact) mass is 540 g/mol. The van der Waals surface area contributed by atoms with Crippen LogP contribution in [0.1, 0.15) is 41.4 Å². The molecule has 0 fully saturated rings. The summed E-state index contributed by atoms with van der Waals surface area (Å²) in [6, 6.07) is 37.8. The van der Waals surface area contributed by atoms with E-state index in [9.17, 15) is 19.2 Å². The summed E-state index contributed by atoms with van der Waals surface area (Å²) < 4.78 is 0. The summed E-state index contributed by atoms with van der Waals surface area (Å²) in [5.74, 6) is -1.97. The van der Waals surface area contributed by atoms with E-state index in [4.69, 9.17) is 0 Å². The lowest BCUT2D eigenvalue weighted by atomic mass is 9.81. The molecule has 6 aromatic rings. The van der Waals surface area contributed by atoms with Crippen molar-refractivity contribution < 1.29 is 19.2 Å². The molecule has 6 aromatic carbocycles. The average molecular weight is 541 g/mol. The van der Waals surface area contributed by atoms with Crippen molar-refractivity contribution >= 4 is 33.9 Å². The summed E-state index contributed by atoms with van der Waals surface area (Å²) in [7, 11) is 0. The van der Waals surface area contributed by atoms with Crippen LogP contribution in [0.5, 0.6) is 0 Å². The van der Waals surface area contributed by atoms with Crippen LogP contribution < -0.4 is 0 Å². The maximum atomic E-state index is 13.1. The molecule has 0 saturated carbocycles. The molecule has 0 bridgehead atoms. The summed E-state index contributed by atoms with van der Waals surface area (Å²) in [5.41, 5.74) is 8.26. The molecule has 0 radical (unpaired) electrons. The SMILES string of the molecule is O=C1C(=O)c2cc(-c3cccc4c(-c5ccc6c(c5)C(=O)C(=O)c5ccccc5-6)cccc34)ccc2-c2ccccc21. The molecule has 0 unspecified atom stereocenters. The third-order valence-electron chi connectivity index (χ3n) is 8.41. The molecule has 4 heteroatoms. The minimum atomic E-state index is -0.499. The van der Waals surface area contributed by atoms with Crippen LogP contribution in [0.25, 0.3) is 55.3 Å². The number of benzene rings is 6. The molecule has 4 nitrogen and oxygen atoms in total. The molecular formula is C38H20O4. The minimum Gasteiger partial charge on any atom is -0.285 e. The van der Waals surface area contributed by atoms with E-state index in [1.165, 1.54) is 0 Å². The van der Waals surface area contributed by atoms with Gasteiger partial charge in [0.1, 0.15) is 0 Å². The standard InChI is InChI=1S/C38H20O4/c39-35-31-9-3-1-7-27(31)29-17-15-21(19-33(29)37(35)41)23-11-5-14-26-24(12-6-13-25(23)26)22-16-18-30-28-8-2-4-10-32(28)36(40)38(42)34(30)20-22/h1-20H. The van der Waals surface area contributed by atoms with Gasteiger partial charge in [-0.05, 0) is 67.4 Å². The van der Waals surface area contributed by atoms with Gasteiger partial charge >= 0.3 is 0 Å². The topological polar surface area (TPSA) is 68.3 Å². The van der Waals surface area contributed by atoms with Crippen molar-refractivity contribution in [3.8, 4) is 44.5 Å². The Morgan fingerprint density at radius 2 is 0.595 bits per heavy atom. The molecule has 0 saturated heterocycles. The molecule has 196 valence electrons. The summed E-state index contributed by atoms with van der Waals surface area (Å²) in [6.07, 6.45) is 0. The van der Waals surface area contributed by atoms with Crippen LogP contribution in [-0.2, 0) is 0 Å². The zero-order chi connectivity index (χ0) is 28.5. The van der Waals surface area contributed by atoms with Gasteiger partial charge in [0.25, 0.3) is 0 Å². The van der Waals surface area contributed by atoms with Gasteiger partial charge in [-0.3, -0.25) is 19.2 Å². The van der Waals surface area contributed by atoms with E-state index < -0.39 is 23.1 Å². The van der Waals surface area contributed by atoms with Gasteiger partial charge in [-0.15, -0.1) is 0 Å². The summed E-state index contributed by atoms with van der Waals surface area (Å²) in [6.45, 7) is 0. The smallest absolute Gasteiger partial charge is 0.234 e. The number of carbonyl (C=O) groups is 4. The van der Waals surface area contributed by atoms with E-state index in [0.717, 1.165) is 55.3 Å². The van der Waals surface area contributed by atoms with Crippen LogP contribution in [-0.4, -0.2) is 23.1 Å². The van der Waals surface area contributed by atoms with Crippen molar-refractivity contribution in [3.05, 3.63) is 144 Å². The first-order valence-corrected chi connectivity index (χ1v) is 13.7. The molecule has 8 rings (SSSR count). The Labute approximate surface area is 240 Å². The van der Waals surface area contributed by atoms with E-state index in [1.54, 1.807) is 24.3 Å². The molecule has 0 spiro atoms. The van der Waals surface area contributed by atoms with Gasteiger partial charge in [0, 0.05) is 22.3 Å². The highest BCUT2D eigenvalue weighted by Gasteiger charge is 2.31. The van der Waals surface area contributed by atoms with E-state index in [1.807, 2.05) is 97.1 Å². The predicted octanol–water partition coefficient (Wildman–Crippen LogP) is 8.27. The number of hydrogen-bond donors (Lipinski definition) is 0. The van der Waals surface area contributed by atoms with Crippen LogP contribution in [0.15, 0.2) is 121 Å². The van der Waals surface area contributed by atoms with Gasteiger partial charge in [-0.1, -0.05) is 109 Å². The maximum absolute atomic E-state index is 13.1. The largest absolute Gasteiger partial charge is 0.285 e. The Morgan fingerprint density at radius 1 is 0.262 bits per heavy atom. The van der Waals surface area contributed by atoms with Crippen molar-refractivity contribution in [1.82, 2.24) is 0 Å². The molecule has 0 aliphatic heterocycles. The Kier molecular flexibility index (Phi) is 5.09. The fraction of sp³-hybridized carbons (Fsp3) is 0. The maximum Gasteiger partial charge on any atom is 0.234 e. The Bertz CT molecular complexity index is 2060. The molecular weight excluding hydrogens is 520 g/mol. The van der Waals surface area contributed by atoms with Gasteiger partial charge < -0.3 is 0 Å². The number of hydrogen-bond acceptors (Lipinski definition) is 4. The lowest BCUT2D eigenvalue weighted by Crippen LogP contribution is -2.21. The lowest BCUT2D eigenvalue weighted by Gasteiger charge is -2.20. The first-order valence-electron chi connectivity index (χ1n) is 13.7. The zero-order valence-electron chi connectivity index (χ0n) is 22.2. The van der Waals surface area contributed by atoms with Gasteiger partial charge in [-0.2, -0.15) is 0 Å². The van der Waals surface area contributed by atoms with Gasteiger partial charge in [0.15, 0.2) is 0 Å². The molecule has 42 heavy (non-hydrogen) atoms. The molecule has 0 atom stereocenters. The van der Waals surface area contributed by atoms with Gasteiger partial charge in [-0.25, -0.2) is 0 Å². The van der Waals surface area contributed by atoms with Crippen LogP contribution in [0.2, 0.25) is 0 Å². The molecule has 2 aliphatic rings. The molecule has 0 amide bonds. The molecule has 0 N–H and O–H groups in total. The third-order valence-corrected chi connectivity index (χ3v) is 8.41. The van der Waals surface area contributed by atoms with E-state index in [2.05, 4.69) is 0 Å². The number of carbonyl (C=O) groups excluding carboxylic acids is 4. The van der Waals surface area contributed by atoms with Crippen molar-refractivity contribution in [1.29, 1.82) is 0 Å². The fourth-order valence-corrected chi connectivity index (χ4v) is 6.40.